The van der Waals surface area contributed by atoms with Crippen molar-refractivity contribution in [3.63, 3.8) is 0 Å². The summed E-state index contributed by atoms with van der Waals surface area (Å²) in [7, 11) is -1.25. The molecule has 0 bridgehead atoms. The summed E-state index contributed by atoms with van der Waals surface area (Å²) in [5.41, 5.74) is 2.17. The fourth-order valence-corrected chi connectivity index (χ4v) is 5.40. The van der Waals surface area contributed by atoms with Gasteiger partial charge >= 0.3 is 0 Å². The van der Waals surface area contributed by atoms with Crippen molar-refractivity contribution in [3.05, 3.63) is 29.3 Å². The fraction of sp³-hybridized carbons (Fsp3) is 0.611. The molecule has 1 amide bonds. The smallest absolute Gasteiger partial charge is 0.254 e. The van der Waals surface area contributed by atoms with Crippen LogP contribution in [0, 0.1) is 12.8 Å². The second-order valence-electron chi connectivity index (χ2n) is 7.06. The second-order valence-corrected chi connectivity index (χ2v) is 9.07. The van der Waals surface area contributed by atoms with Crippen LogP contribution < -0.4 is 9.62 Å². The summed E-state index contributed by atoms with van der Waals surface area (Å²) in [5, 5.41) is 3.19. The zero-order valence-corrected chi connectivity index (χ0v) is 15.8. The Morgan fingerprint density at radius 1 is 1.28 bits per heavy atom. The highest BCUT2D eigenvalue weighted by Crippen LogP contribution is 2.27. The van der Waals surface area contributed by atoms with Gasteiger partial charge in [0, 0.05) is 25.2 Å². The van der Waals surface area contributed by atoms with Crippen molar-refractivity contribution in [1.29, 1.82) is 0 Å². The van der Waals surface area contributed by atoms with E-state index in [0.717, 1.165) is 38.0 Å². The number of aryl methyl sites for hydroxylation is 1. The molecule has 25 heavy (non-hydrogen) atoms. The molecule has 1 unspecified atom stereocenters. The van der Waals surface area contributed by atoms with Crippen molar-refractivity contribution < 1.29 is 13.2 Å². The summed E-state index contributed by atoms with van der Waals surface area (Å²) in [4.78, 5) is 14.8. The van der Waals surface area contributed by atoms with E-state index in [0.29, 0.717) is 30.1 Å². The molecular formula is C18H27N3O3S. The first-order chi connectivity index (χ1) is 11.9. The van der Waals surface area contributed by atoms with Gasteiger partial charge in [0.2, 0.25) is 10.0 Å². The molecule has 2 aliphatic heterocycles. The molecule has 1 atom stereocenters. The minimum atomic E-state index is -3.19. The summed E-state index contributed by atoms with van der Waals surface area (Å²) >= 11 is 0. The number of rotatable bonds is 4. The third-order valence-corrected chi connectivity index (χ3v) is 7.00. The van der Waals surface area contributed by atoms with E-state index in [1.54, 1.807) is 12.1 Å². The first kappa shape index (κ1) is 18.2. The van der Waals surface area contributed by atoms with Gasteiger partial charge in [0.05, 0.1) is 11.4 Å². The van der Waals surface area contributed by atoms with Crippen LogP contribution in [0.5, 0.6) is 0 Å². The number of hydrogen-bond donors (Lipinski definition) is 1. The van der Waals surface area contributed by atoms with Gasteiger partial charge in [-0.05, 0) is 69.5 Å². The number of sulfonamides is 1. The van der Waals surface area contributed by atoms with Crippen molar-refractivity contribution >= 4 is 21.6 Å². The number of piperidine rings is 1. The molecule has 0 saturated carbocycles. The van der Waals surface area contributed by atoms with Crippen LogP contribution in [0.3, 0.4) is 0 Å². The Hall–Kier alpha value is -1.60. The van der Waals surface area contributed by atoms with E-state index in [2.05, 4.69) is 5.32 Å². The number of carbonyl (C=O) groups is 1. The van der Waals surface area contributed by atoms with Crippen LogP contribution in [0.15, 0.2) is 18.2 Å². The molecule has 2 saturated heterocycles. The maximum absolute atomic E-state index is 12.9. The lowest BCUT2D eigenvalue weighted by Crippen LogP contribution is -2.42. The van der Waals surface area contributed by atoms with Gasteiger partial charge in [0.1, 0.15) is 0 Å². The zero-order chi connectivity index (χ0) is 18.0. The molecule has 0 aliphatic carbocycles. The van der Waals surface area contributed by atoms with Crippen molar-refractivity contribution in [2.75, 3.05) is 43.3 Å². The van der Waals surface area contributed by atoms with Gasteiger partial charge in [0.25, 0.3) is 5.91 Å². The topological polar surface area (TPSA) is 69.7 Å². The molecule has 1 aromatic rings. The number of amides is 1. The monoisotopic (exact) mass is 365 g/mol. The number of nitrogens with zero attached hydrogens (tertiary/aromatic N) is 2. The van der Waals surface area contributed by atoms with Gasteiger partial charge in [-0.2, -0.15) is 0 Å². The van der Waals surface area contributed by atoms with E-state index in [4.69, 9.17) is 0 Å². The van der Waals surface area contributed by atoms with E-state index < -0.39 is 10.0 Å². The van der Waals surface area contributed by atoms with Gasteiger partial charge in [-0.25, -0.2) is 8.42 Å². The molecule has 6 nitrogen and oxygen atoms in total. The summed E-state index contributed by atoms with van der Waals surface area (Å²) < 4.78 is 25.6. The van der Waals surface area contributed by atoms with E-state index in [9.17, 15) is 13.2 Å². The van der Waals surface area contributed by atoms with Crippen molar-refractivity contribution in [3.8, 4) is 0 Å². The standard InChI is InChI=1S/C18H27N3O3S/c1-14-11-16(21-9-4-10-25(21,23)24)6-7-17(14)18(22)20-8-3-5-15(13-20)12-19-2/h6-7,11,15,19H,3-5,8-10,12-13H2,1-2H3. The van der Waals surface area contributed by atoms with E-state index in [-0.39, 0.29) is 11.7 Å². The van der Waals surface area contributed by atoms with E-state index >= 15 is 0 Å². The van der Waals surface area contributed by atoms with E-state index in [1.165, 1.54) is 4.31 Å². The molecular weight excluding hydrogens is 338 g/mol. The molecule has 0 spiro atoms. The normalized spacial score (nSPS) is 23.0. The Bertz CT molecular complexity index is 746. The lowest BCUT2D eigenvalue weighted by molar-refractivity contribution is 0.0673. The lowest BCUT2D eigenvalue weighted by atomic mass is 9.96. The van der Waals surface area contributed by atoms with Gasteiger partial charge in [-0.15, -0.1) is 0 Å². The SMILES string of the molecule is CNCC1CCCN(C(=O)c2ccc(N3CCCS3(=O)=O)cc2C)C1. The zero-order valence-electron chi connectivity index (χ0n) is 15.0. The quantitative estimate of drug-likeness (QED) is 0.880. The maximum atomic E-state index is 12.9. The predicted molar refractivity (Wildman–Crippen MR) is 99.5 cm³/mol. The lowest BCUT2D eigenvalue weighted by Gasteiger charge is -2.33. The largest absolute Gasteiger partial charge is 0.338 e. The Morgan fingerprint density at radius 3 is 2.72 bits per heavy atom. The molecule has 1 aromatic carbocycles. The predicted octanol–water partition coefficient (Wildman–Crippen LogP) is 1.61. The van der Waals surface area contributed by atoms with Gasteiger partial charge in [-0.3, -0.25) is 9.10 Å². The first-order valence-corrected chi connectivity index (χ1v) is 10.6. The number of likely N-dealkylation sites (tertiary alicyclic amines) is 1. The van der Waals surface area contributed by atoms with Crippen LogP contribution in [-0.2, 0) is 10.0 Å². The molecule has 7 heteroatoms. The summed E-state index contributed by atoms with van der Waals surface area (Å²) in [6, 6.07) is 5.37. The second kappa shape index (κ2) is 7.33. The number of hydrogen-bond acceptors (Lipinski definition) is 4. The van der Waals surface area contributed by atoms with E-state index in [1.807, 2.05) is 24.9 Å². The minimum absolute atomic E-state index is 0.0501. The van der Waals surface area contributed by atoms with Crippen molar-refractivity contribution in [2.45, 2.75) is 26.2 Å². The number of carbonyl (C=O) groups excluding carboxylic acids is 1. The fourth-order valence-electron chi connectivity index (χ4n) is 3.85. The highest BCUT2D eigenvalue weighted by atomic mass is 32.2. The van der Waals surface area contributed by atoms with Crippen LogP contribution in [-0.4, -0.2) is 58.2 Å². The van der Waals surface area contributed by atoms with Crippen molar-refractivity contribution in [2.24, 2.45) is 5.92 Å². The van der Waals surface area contributed by atoms with Crippen LogP contribution in [0.2, 0.25) is 0 Å². The molecule has 1 N–H and O–H groups in total. The summed E-state index contributed by atoms with van der Waals surface area (Å²) in [6.45, 7) is 4.90. The minimum Gasteiger partial charge on any atom is -0.338 e. The molecule has 0 aromatic heterocycles. The van der Waals surface area contributed by atoms with Gasteiger partial charge < -0.3 is 10.2 Å². The number of benzene rings is 1. The third-order valence-electron chi connectivity index (χ3n) is 5.13. The highest BCUT2D eigenvalue weighted by Gasteiger charge is 2.29. The Balaban J connectivity index is 1.78. The Labute approximate surface area is 150 Å². The molecule has 3 rings (SSSR count). The van der Waals surface area contributed by atoms with Crippen LogP contribution in [0.25, 0.3) is 0 Å². The molecule has 2 heterocycles. The molecule has 2 fully saturated rings. The average molecular weight is 365 g/mol. The molecule has 2 aliphatic rings. The van der Waals surface area contributed by atoms with Crippen molar-refractivity contribution in [1.82, 2.24) is 10.2 Å². The van der Waals surface area contributed by atoms with Crippen LogP contribution in [0.4, 0.5) is 5.69 Å². The number of anilines is 1. The third kappa shape index (κ3) is 3.82. The van der Waals surface area contributed by atoms with Crippen LogP contribution in [0.1, 0.15) is 35.2 Å². The summed E-state index contributed by atoms with van der Waals surface area (Å²) in [5.74, 6) is 0.749. The maximum Gasteiger partial charge on any atom is 0.254 e. The van der Waals surface area contributed by atoms with Gasteiger partial charge in [0.15, 0.2) is 0 Å². The highest BCUT2D eigenvalue weighted by molar-refractivity contribution is 7.93. The van der Waals surface area contributed by atoms with Gasteiger partial charge in [-0.1, -0.05) is 0 Å². The summed E-state index contributed by atoms with van der Waals surface area (Å²) in [6.07, 6.45) is 2.83. The number of nitrogens with one attached hydrogen (secondary N) is 1. The first-order valence-electron chi connectivity index (χ1n) is 8.97. The Morgan fingerprint density at radius 2 is 2.08 bits per heavy atom. The average Bonchev–Trinajstić information content (AvgIpc) is 2.94. The molecule has 138 valence electrons. The van der Waals surface area contributed by atoms with Crippen LogP contribution >= 0.6 is 0 Å². The molecule has 0 radical (unpaired) electrons. The Kier molecular flexibility index (Phi) is 5.34.